The topological polar surface area (TPSA) is 53.0 Å². The number of carbonyl (C=O) groups excluding carboxylic acids is 1. The fourth-order valence-corrected chi connectivity index (χ4v) is 2.61. The van der Waals surface area contributed by atoms with Crippen LogP contribution in [0.3, 0.4) is 0 Å². The van der Waals surface area contributed by atoms with Gasteiger partial charge in [-0.1, -0.05) is 12.1 Å². The molecule has 22 heavy (non-hydrogen) atoms. The van der Waals surface area contributed by atoms with Crippen molar-refractivity contribution in [3.63, 3.8) is 0 Å². The number of piperidine rings is 1. The number of ether oxygens (including phenoxy) is 1. The van der Waals surface area contributed by atoms with Gasteiger partial charge in [0.1, 0.15) is 5.75 Å². The second-order valence-electron chi connectivity index (χ2n) is 5.83. The number of likely N-dealkylation sites (N-methyl/N-ethyl adjacent to an activating group) is 1. The zero-order valence-corrected chi connectivity index (χ0v) is 13.5. The Hall–Kier alpha value is -1.59. The average molecular weight is 306 g/mol. The Labute approximate surface area is 132 Å². The predicted molar refractivity (Wildman–Crippen MR) is 85.8 cm³/mol. The Kier molecular flexibility index (Phi) is 6.21. The van der Waals surface area contributed by atoms with Crippen LogP contribution in [0, 0.1) is 0 Å². The first-order chi connectivity index (χ1) is 10.6. The van der Waals surface area contributed by atoms with Crippen molar-refractivity contribution in [2.24, 2.45) is 0 Å². The lowest BCUT2D eigenvalue weighted by molar-refractivity contribution is -0.132. The average Bonchev–Trinajstić information content (AvgIpc) is 2.51. The fraction of sp³-hybridized carbons (Fsp3) is 0.588. The van der Waals surface area contributed by atoms with Gasteiger partial charge in [-0.15, -0.1) is 0 Å². The van der Waals surface area contributed by atoms with E-state index < -0.39 is 0 Å². The molecule has 1 amide bonds. The Morgan fingerprint density at radius 1 is 1.32 bits per heavy atom. The SMILES string of the molecule is CCOc1ccc(CN(C)C(=O)CN2CCC(O)CC2)cc1. The summed E-state index contributed by atoms with van der Waals surface area (Å²) in [6, 6.07) is 7.85. The number of amides is 1. The summed E-state index contributed by atoms with van der Waals surface area (Å²) in [7, 11) is 1.83. The summed E-state index contributed by atoms with van der Waals surface area (Å²) in [6.07, 6.45) is 1.32. The van der Waals surface area contributed by atoms with E-state index in [-0.39, 0.29) is 12.0 Å². The Balaban J connectivity index is 1.80. The van der Waals surface area contributed by atoms with Crippen molar-refractivity contribution in [3.8, 4) is 5.75 Å². The quantitative estimate of drug-likeness (QED) is 0.865. The van der Waals surface area contributed by atoms with E-state index in [9.17, 15) is 9.90 Å². The van der Waals surface area contributed by atoms with Crippen LogP contribution in [0.4, 0.5) is 0 Å². The molecular formula is C17H26N2O3. The Morgan fingerprint density at radius 3 is 2.55 bits per heavy atom. The molecule has 0 aromatic heterocycles. The molecule has 1 aromatic rings. The molecule has 0 bridgehead atoms. The summed E-state index contributed by atoms with van der Waals surface area (Å²) in [6.45, 7) is 5.23. The molecule has 1 aromatic carbocycles. The molecule has 5 heteroatoms. The summed E-state index contributed by atoms with van der Waals surface area (Å²) in [5, 5.41) is 9.49. The van der Waals surface area contributed by atoms with E-state index in [4.69, 9.17) is 4.74 Å². The highest BCUT2D eigenvalue weighted by molar-refractivity contribution is 5.78. The molecule has 1 heterocycles. The fourth-order valence-electron chi connectivity index (χ4n) is 2.61. The number of hydrogen-bond donors (Lipinski definition) is 1. The van der Waals surface area contributed by atoms with Gasteiger partial charge >= 0.3 is 0 Å². The highest BCUT2D eigenvalue weighted by atomic mass is 16.5. The van der Waals surface area contributed by atoms with E-state index in [1.54, 1.807) is 4.90 Å². The molecule has 0 aliphatic carbocycles. The smallest absolute Gasteiger partial charge is 0.236 e. The Bertz CT molecular complexity index is 467. The maximum Gasteiger partial charge on any atom is 0.236 e. The summed E-state index contributed by atoms with van der Waals surface area (Å²) in [5.41, 5.74) is 1.09. The van der Waals surface area contributed by atoms with Crippen LogP contribution in [0.2, 0.25) is 0 Å². The minimum Gasteiger partial charge on any atom is -0.494 e. The maximum absolute atomic E-state index is 12.3. The van der Waals surface area contributed by atoms with E-state index in [2.05, 4.69) is 4.90 Å². The predicted octanol–water partition coefficient (Wildman–Crippen LogP) is 1.50. The monoisotopic (exact) mass is 306 g/mol. The first-order valence-corrected chi connectivity index (χ1v) is 7.94. The number of aliphatic hydroxyl groups excluding tert-OH is 1. The zero-order chi connectivity index (χ0) is 15.9. The van der Waals surface area contributed by atoms with Crippen molar-refractivity contribution in [2.45, 2.75) is 32.4 Å². The highest BCUT2D eigenvalue weighted by Gasteiger charge is 2.20. The molecule has 5 nitrogen and oxygen atoms in total. The van der Waals surface area contributed by atoms with Crippen molar-refractivity contribution in [1.82, 2.24) is 9.80 Å². The van der Waals surface area contributed by atoms with Gasteiger partial charge in [0.25, 0.3) is 0 Å². The van der Waals surface area contributed by atoms with E-state index >= 15 is 0 Å². The highest BCUT2D eigenvalue weighted by Crippen LogP contribution is 2.14. The second kappa shape index (κ2) is 8.15. The Morgan fingerprint density at radius 2 is 1.95 bits per heavy atom. The van der Waals surface area contributed by atoms with Crippen molar-refractivity contribution in [2.75, 3.05) is 33.3 Å². The molecule has 1 N–H and O–H groups in total. The number of carbonyl (C=O) groups is 1. The van der Waals surface area contributed by atoms with Crippen LogP contribution in [0.1, 0.15) is 25.3 Å². The van der Waals surface area contributed by atoms with Crippen LogP contribution in [-0.4, -0.2) is 60.2 Å². The summed E-state index contributed by atoms with van der Waals surface area (Å²) in [5.74, 6) is 0.970. The number of likely N-dealkylation sites (tertiary alicyclic amines) is 1. The molecular weight excluding hydrogens is 280 g/mol. The molecule has 0 atom stereocenters. The van der Waals surface area contributed by atoms with E-state index in [1.165, 1.54) is 0 Å². The van der Waals surface area contributed by atoms with Gasteiger partial charge in [0.2, 0.25) is 5.91 Å². The van der Waals surface area contributed by atoms with E-state index in [0.717, 1.165) is 37.2 Å². The number of benzene rings is 1. The van der Waals surface area contributed by atoms with Crippen molar-refractivity contribution < 1.29 is 14.6 Å². The molecule has 0 unspecified atom stereocenters. The molecule has 1 aliphatic heterocycles. The standard InChI is InChI=1S/C17H26N2O3/c1-3-22-16-6-4-14(5-7-16)12-18(2)17(21)13-19-10-8-15(20)9-11-19/h4-7,15,20H,3,8-13H2,1-2H3. The van der Waals surface area contributed by atoms with Crippen molar-refractivity contribution >= 4 is 5.91 Å². The molecule has 1 saturated heterocycles. The summed E-state index contributed by atoms with van der Waals surface area (Å²) >= 11 is 0. The third-order valence-corrected chi connectivity index (χ3v) is 4.00. The molecule has 1 aliphatic rings. The summed E-state index contributed by atoms with van der Waals surface area (Å²) < 4.78 is 5.41. The van der Waals surface area contributed by atoms with Crippen LogP contribution < -0.4 is 4.74 Å². The second-order valence-corrected chi connectivity index (χ2v) is 5.83. The summed E-state index contributed by atoms with van der Waals surface area (Å²) in [4.78, 5) is 16.1. The minimum absolute atomic E-state index is 0.116. The largest absolute Gasteiger partial charge is 0.494 e. The number of aliphatic hydroxyl groups is 1. The van der Waals surface area contributed by atoms with Crippen molar-refractivity contribution in [1.29, 1.82) is 0 Å². The van der Waals surface area contributed by atoms with Crippen molar-refractivity contribution in [3.05, 3.63) is 29.8 Å². The molecule has 122 valence electrons. The lowest BCUT2D eigenvalue weighted by Crippen LogP contribution is -2.43. The molecule has 1 fully saturated rings. The van der Waals surface area contributed by atoms with Gasteiger partial charge in [-0.2, -0.15) is 0 Å². The van der Waals surface area contributed by atoms with Gasteiger partial charge in [-0.25, -0.2) is 0 Å². The maximum atomic E-state index is 12.3. The van der Waals surface area contributed by atoms with Gasteiger partial charge in [0.05, 0.1) is 19.3 Å². The number of rotatable bonds is 6. The van der Waals surface area contributed by atoms with Crippen LogP contribution in [-0.2, 0) is 11.3 Å². The van der Waals surface area contributed by atoms with Gasteiger partial charge in [-0.05, 0) is 37.5 Å². The third-order valence-electron chi connectivity index (χ3n) is 4.00. The normalized spacial score (nSPS) is 16.5. The van der Waals surface area contributed by atoms with Gasteiger partial charge in [0.15, 0.2) is 0 Å². The van der Waals surface area contributed by atoms with Gasteiger partial charge < -0.3 is 14.7 Å². The molecule has 0 spiro atoms. The molecule has 2 rings (SSSR count). The zero-order valence-electron chi connectivity index (χ0n) is 13.5. The molecule has 0 radical (unpaired) electrons. The lowest BCUT2D eigenvalue weighted by Gasteiger charge is -2.30. The van der Waals surface area contributed by atoms with Crippen LogP contribution in [0.25, 0.3) is 0 Å². The van der Waals surface area contributed by atoms with Gasteiger partial charge in [0, 0.05) is 26.7 Å². The van der Waals surface area contributed by atoms with Crippen LogP contribution in [0.15, 0.2) is 24.3 Å². The number of hydrogen-bond acceptors (Lipinski definition) is 4. The van der Waals surface area contributed by atoms with E-state index in [1.807, 2.05) is 38.2 Å². The van der Waals surface area contributed by atoms with Crippen LogP contribution in [0.5, 0.6) is 5.75 Å². The molecule has 0 saturated carbocycles. The lowest BCUT2D eigenvalue weighted by atomic mass is 10.1. The van der Waals surface area contributed by atoms with Crippen LogP contribution >= 0.6 is 0 Å². The van der Waals surface area contributed by atoms with Gasteiger partial charge in [-0.3, -0.25) is 9.69 Å². The number of nitrogens with zero attached hydrogens (tertiary/aromatic N) is 2. The van der Waals surface area contributed by atoms with E-state index in [0.29, 0.717) is 19.7 Å². The first kappa shape index (κ1) is 16.8. The first-order valence-electron chi connectivity index (χ1n) is 7.94. The third kappa shape index (κ3) is 5.00. The minimum atomic E-state index is -0.201.